The quantitative estimate of drug-likeness (QED) is 0.424. The molecule has 0 aliphatic carbocycles. The van der Waals surface area contributed by atoms with Gasteiger partial charge in [0.05, 0.1) is 15.8 Å². The molecule has 0 unspecified atom stereocenters. The van der Waals surface area contributed by atoms with Crippen LogP contribution in [0, 0.1) is 5.41 Å². The first kappa shape index (κ1) is 11.8. The minimum Gasteiger partial charge on any atom is -0.369 e. The van der Waals surface area contributed by atoms with E-state index in [1.165, 1.54) is 0 Å². The Morgan fingerprint density at radius 3 is 2.60 bits per heavy atom. The first-order chi connectivity index (χ1) is 7.00. The molecule has 0 amide bonds. The van der Waals surface area contributed by atoms with Crippen LogP contribution >= 0.6 is 23.2 Å². The second-order valence-corrected chi connectivity index (χ2v) is 3.67. The highest BCUT2D eigenvalue weighted by molar-refractivity contribution is 6.42. The van der Waals surface area contributed by atoms with E-state index in [1.54, 1.807) is 25.1 Å². The SMILES string of the molecule is C/C(=N\NC(=N)N)c1ccc(Cl)c(Cl)c1. The van der Waals surface area contributed by atoms with Gasteiger partial charge in [0.15, 0.2) is 0 Å². The molecule has 0 aliphatic heterocycles. The maximum atomic E-state index is 6.94. The van der Waals surface area contributed by atoms with Crippen LogP contribution in [-0.2, 0) is 0 Å². The molecule has 0 saturated carbocycles. The molecule has 6 heteroatoms. The van der Waals surface area contributed by atoms with Crippen molar-refractivity contribution in [1.29, 1.82) is 5.41 Å². The summed E-state index contributed by atoms with van der Waals surface area (Å²) in [5, 5.41) is 11.8. The van der Waals surface area contributed by atoms with Crippen LogP contribution in [-0.4, -0.2) is 11.7 Å². The van der Waals surface area contributed by atoms with Crippen LogP contribution in [0.2, 0.25) is 10.0 Å². The predicted molar refractivity (Wildman–Crippen MR) is 63.7 cm³/mol. The molecule has 1 rings (SSSR count). The monoisotopic (exact) mass is 244 g/mol. The molecule has 0 saturated heterocycles. The van der Waals surface area contributed by atoms with E-state index < -0.39 is 0 Å². The van der Waals surface area contributed by atoms with Crippen molar-refractivity contribution < 1.29 is 0 Å². The topological polar surface area (TPSA) is 74.3 Å². The third kappa shape index (κ3) is 3.42. The Balaban J connectivity index is 2.91. The molecule has 0 heterocycles. The zero-order valence-corrected chi connectivity index (χ0v) is 9.52. The van der Waals surface area contributed by atoms with Crippen LogP contribution in [0.25, 0.3) is 0 Å². The van der Waals surface area contributed by atoms with Gasteiger partial charge in [0.2, 0.25) is 5.96 Å². The number of halogens is 2. The highest BCUT2D eigenvalue weighted by Gasteiger charge is 2.02. The number of hydrogen-bond donors (Lipinski definition) is 3. The van der Waals surface area contributed by atoms with Gasteiger partial charge in [0, 0.05) is 0 Å². The van der Waals surface area contributed by atoms with Gasteiger partial charge in [-0.05, 0) is 24.6 Å². The van der Waals surface area contributed by atoms with Crippen molar-refractivity contribution in [2.24, 2.45) is 10.8 Å². The average molecular weight is 245 g/mol. The highest BCUT2D eigenvalue weighted by Crippen LogP contribution is 2.22. The Hall–Kier alpha value is -1.26. The van der Waals surface area contributed by atoms with Crippen LogP contribution in [0.3, 0.4) is 0 Å². The molecule has 4 nitrogen and oxygen atoms in total. The summed E-state index contributed by atoms with van der Waals surface area (Å²) < 4.78 is 0. The van der Waals surface area contributed by atoms with Crippen LogP contribution in [0.15, 0.2) is 23.3 Å². The number of guanidine groups is 1. The lowest BCUT2D eigenvalue weighted by Gasteiger charge is -2.03. The molecule has 1 aromatic carbocycles. The van der Waals surface area contributed by atoms with E-state index in [4.69, 9.17) is 34.3 Å². The molecule has 0 spiro atoms. The molecule has 0 bridgehead atoms. The van der Waals surface area contributed by atoms with Gasteiger partial charge in [-0.3, -0.25) is 5.41 Å². The zero-order chi connectivity index (χ0) is 11.4. The molecular formula is C9H10Cl2N4. The predicted octanol–water partition coefficient (Wildman–Crippen LogP) is 2.20. The molecule has 0 aliphatic rings. The van der Waals surface area contributed by atoms with Crippen molar-refractivity contribution in [2.75, 3.05) is 0 Å². The minimum atomic E-state index is -0.214. The van der Waals surface area contributed by atoms with E-state index in [2.05, 4.69) is 10.5 Å². The molecule has 1 aromatic rings. The molecule has 0 fully saturated rings. The molecule has 4 N–H and O–H groups in total. The average Bonchev–Trinajstić information content (AvgIpc) is 2.18. The van der Waals surface area contributed by atoms with E-state index in [9.17, 15) is 0 Å². The number of nitrogens with one attached hydrogen (secondary N) is 2. The Labute approximate surface area is 97.6 Å². The first-order valence-electron chi connectivity index (χ1n) is 4.10. The first-order valence-corrected chi connectivity index (χ1v) is 4.86. The summed E-state index contributed by atoms with van der Waals surface area (Å²) in [5.74, 6) is -0.214. The maximum Gasteiger partial charge on any atom is 0.206 e. The lowest BCUT2D eigenvalue weighted by molar-refractivity contribution is 0.992. The Morgan fingerprint density at radius 2 is 2.07 bits per heavy atom. The standard InChI is InChI=1S/C9H10Cl2N4/c1-5(14-15-9(12)13)6-2-3-7(10)8(11)4-6/h2-4H,1H3,(H4,12,13,15)/b14-5+. The summed E-state index contributed by atoms with van der Waals surface area (Å²) in [6.07, 6.45) is 0. The van der Waals surface area contributed by atoms with E-state index in [-0.39, 0.29) is 5.96 Å². The normalized spacial score (nSPS) is 11.3. The van der Waals surface area contributed by atoms with Crippen LogP contribution < -0.4 is 11.2 Å². The number of nitrogens with zero attached hydrogens (tertiary/aromatic N) is 1. The van der Waals surface area contributed by atoms with E-state index in [0.717, 1.165) is 5.56 Å². The summed E-state index contributed by atoms with van der Waals surface area (Å²) in [7, 11) is 0. The fraction of sp³-hybridized carbons (Fsp3) is 0.111. The Morgan fingerprint density at radius 1 is 1.40 bits per heavy atom. The number of hydrazone groups is 1. The summed E-state index contributed by atoms with van der Waals surface area (Å²) in [6, 6.07) is 5.17. The number of nitrogens with two attached hydrogens (primary N) is 1. The van der Waals surface area contributed by atoms with E-state index in [1.807, 2.05) is 0 Å². The van der Waals surface area contributed by atoms with Gasteiger partial charge in [-0.25, -0.2) is 5.43 Å². The fourth-order valence-corrected chi connectivity index (χ4v) is 1.23. The number of benzene rings is 1. The lowest BCUT2D eigenvalue weighted by atomic mass is 10.1. The summed E-state index contributed by atoms with van der Waals surface area (Å²) in [6.45, 7) is 1.77. The van der Waals surface area contributed by atoms with Crippen molar-refractivity contribution in [1.82, 2.24) is 5.43 Å². The van der Waals surface area contributed by atoms with Gasteiger partial charge in [0.25, 0.3) is 0 Å². The second-order valence-electron chi connectivity index (χ2n) is 2.85. The van der Waals surface area contributed by atoms with Crippen molar-refractivity contribution in [3.8, 4) is 0 Å². The minimum absolute atomic E-state index is 0.214. The Kier molecular flexibility index (Phi) is 3.94. The second kappa shape index (κ2) is 5.00. The summed E-state index contributed by atoms with van der Waals surface area (Å²) >= 11 is 11.6. The molecular weight excluding hydrogens is 235 g/mol. The lowest BCUT2D eigenvalue weighted by Crippen LogP contribution is -2.26. The van der Waals surface area contributed by atoms with Gasteiger partial charge in [-0.1, -0.05) is 29.3 Å². The third-order valence-corrected chi connectivity index (χ3v) is 2.42. The largest absolute Gasteiger partial charge is 0.369 e. The maximum absolute atomic E-state index is 6.94. The molecule has 0 radical (unpaired) electrons. The van der Waals surface area contributed by atoms with Crippen LogP contribution in [0.5, 0.6) is 0 Å². The number of hydrogen-bond acceptors (Lipinski definition) is 2. The summed E-state index contributed by atoms with van der Waals surface area (Å²) in [4.78, 5) is 0. The molecule has 80 valence electrons. The molecule has 0 atom stereocenters. The third-order valence-electron chi connectivity index (χ3n) is 1.68. The van der Waals surface area contributed by atoms with Gasteiger partial charge in [-0.15, -0.1) is 0 Å². The van der Waals surface area contributed by atoms with Gasteiger partial charge in [0.1, 0.15) is 0 Å². The van der Waals surface area contributed by atoms with Crippen LogP contribution in [0.1, 0.15) is 12.5 Å². The van der Waals surface area contributed by atoms with Crippen molar-refractivity contribution >= 4 is 34.9 Å². The van der Waals surface area contributed by atoms with Crippen molar-refractivity contribution in [2.45, 2.75) is 6.92 Å². The highest BCUT2D eigenvalue weighted by atomic mass is 35.5. The number of rotatable bonds is 2. The van der Waals surface area contributed by atoms with E-state index >= 15 is 0 Å². The van der Waals surface area contributed by atoms with Gasteiger partial charge >= 0.3 is 0 Å². The summed E-state index contributed by atoms with van der Waals surface area (Å²) in [5.41, 5.74) is 8.93. The van der Waals surface area contributed by atoms with Crippen molar-refractivity contribution in [3.05, 3.63) is 33.8 Å². The van der Waals surface area contributed by atoms with Gasteiger partial charge in [-0.2, -0.15) is 5.10 Å². The fourth-order valence-electron chi connectivity index (χ4n) is 0.930. The molecule has 0 aromatic heterocycles. The smallest absolute Gasteiger partial charge is 0.206 e. The van der Waals surface area contributed by atoms with E-state index in [0.29, 0.717) is 15.8 Å². The van der Waals surface area contributed by atoms with Crippen molar-refractivity contribution in [3.63, 3.8) is 0 Å². The zero-order valence-electron chi connectivity index (χ0n) is 8.01. The molecule has 15 heavy (non-hydrogen) atoms. The van der Waals surface area contributed by atoms with Crippen LogP contribution in [0.4, 0.5) is 0 Å². The Bertz CT molecular complexity index is 415. The van der Waals surface area contributed by atoms with Gasteiger partial charge < -0.3 is 5.73 Å².